The lowest BCUT2D eigenvalue weighted by atomic mass is 9.92. The van der Waals surface area contributed by atoms with Crippen molar-refractivity contribution in [3.63, 3.8) is 0 Å². The Labute approximate surface area is 251 Å². The Hall–Kier alpha value is -4.99. The Kier molecular flexibility index (Phi) is 7.23. The third-order valence-electron chi connectivity index (χ3n) is 8.25. The van der Waals surface area contributed by atoms with Crippen molar-refractivity contribution in [3.8, 4) is 11.1 Å². The minimum atomic E-state index is -4.65. The van der Waals surface area contributed by atoms with Gasteiger partial charge in [0.2, 0.25) is 5.76 Å². The van der Waals surface area contributed by atoms with Gasteiger partial charge in [0.15, 0.2) is 0 Å². The Morgan fingerprint density at radius 1 is 0.955 bits per heavy atom. The zero-order valence-corrected chi connectivity index (χ0v) is 24.0. The second-order valence-electron chi connectivity index (χ2n) is 11.2. The predicted molar refractivity (Wildman–Crippen MR) is 157 cm³/mol. The van der Waals surface area contributed by atoms with Gasteiger partial charge in [-0.3, -0.25) is 19.6 Å². The molecule has 1 saturated carbocycles. The molecule has 1 fully saturated rings. The van der Waals surface area contributed by atoms with E-state index in [1.165, 1.54) is 11.0 Å². The fraction of sp³-hybridized carbons (Fsp3) is 0.235. The minimum absolute atomic E-state index is 0.00718. The molecule has 1 aliphatic rings. The monoisotopic (exact) mass is 599 g/mol. The van der Waals surface area contributed by atoms with Crippen molar-refractivity contribution in [1.29, 1.82) is 0 Å². The number of carboxylic acid groups (broad SMARTS) is 1. The standard InChI is InChI=1S/C34H28F3N3O4/c1-20-21(2)39-27-7-4-16-38-30(27)29(20)31(41)40(19-26-12-13-28(44-26)34(35,36)37)18-22-8-10-23(11-9-22)24-5-3-6-25(17-24)33(14-15-33)32(42)43/h3-13,16-17H,14-15,18-19H2,1-2H3,(H,42,43). The molecule has 6 rings (SSSR count). The average Bonchev–Trinajstić information content (AvgIpc) is 3.69. The van der Waals surface area contributed by atoms with E-state index < -0.39 is 29.2 Å². The van der Waals surface area contributed by atoms with Crippen LogP contribution in [0.15, 0.2) is 83.4 Å². The van der Waals surface area contributed by atoms with Gasteiger partial charge in [-0.2, -0.15) is 13.2 Å². The van der Waals surface area contributed by atoms with Crippen molar-refractivity contribution in [1.82, 2.24) is 14.9 Å². The number of aryl methyl sites for hydroxylation is 1. The number of carboxylic acids is 1. The first-order chi connectivity index (χ1) is 21.0. The molecule has 0 radical (unpaired) electrons. The molecule has 3 heterocycles. The molecule has 1 amide bonds. The second-order valence-corrected chi connectivity index (χ2v) is 11.2. The first-order valence-corrected chi connectivity index (χ1v) is 14.1. The Morgan fingerprint density at radius 3 is 2.36 bits per heavy atom. The van der Waals surface area contributed by atoms with Crippen LogP contribution in [0.25, 0.3) is 22.2 Å². The van der Waals surface area contributed by atoms with Gasteiger partial charge in [0.25, 0.3) is 5.91 Å². The van der Waals surface area contributed by atoms with Crippen molar-refractivity contribution in [2.75, 3.05) is 0 Å². The summed E-state index contributed by atoms with van der Waals surface area (Å²) in [5.41, 5.74) is 4.98. The van der Waals surface area contributed by atoms with Crippen molar-refractivity contribution in [2.24, 2.45) is 0 Å². The molecule has 0 spiro atoms. The number of pyridine rings is 2. The Morgan fingerprint density at radius 2 is 1.70 bits per heavy atom. The first-order valence-electron chi connectivity index (χ1n) is 14.1. The summed E-state index contributed by atoms with van der Waals surface area (Å²) >= 11 is 0. The molecule has 0 atom stereocenters. The van der Waals surface area contributed by atoms with E-state index in [1.807, 2.05) is 48.5 Å². The van der Waals surface area contributed by atoms with Crippen molar-refractivity contribution in [2.45, 2.75) is 51.4 Å². The quantitative estimate of drug-likeness (QED) is 0.199. The molecule has 1 N–H and O–H groups in total. The molecule has 1 aliphatic carbocycles. The summed E-state index contributed by atoms with van der Waals surface area (Å²) < 4.78 is 44.9. The lowest BCUT2D eigenvalue weighted by Gasteiger charge is -2.24. The van der Waals surface area contributed by atoms with Crippen LogP contribution in [0.4, 0.5) is 13.2 Å². The van der Waals surface area contributed by atoms with Gasteiger partial charge in [0, 0.05) is 18.4 Å². The number of benzene rings is 2. The number of amides is 1. The highest BCUT2D eigenvalue weighted by Crippen LogP contribution is 2.49. The number of furan rings is 1. The molecular weight excluding hydrogens is 571 g/mol. The van der Waals surface area contributed by atoms with Crippen LogP contribution in [0.3, 0.4) is 0 Å². The maximum absolute atomic E-state index is 14.2. The van der Waals surface area contributed by atoms with E-state index in [0.29, 0.717) is 40.7 Å². The van der Waals surface area contributed by atoms with E-state index in [1.54, 1.807) is 32.2 Å². The number of fused-ring (bicyclic) bond motifs is 1. The molecule has 2 aromatic carbocycles. The van der Waals surface area contributed by atoms with Gasteiger partial charge in [0.05, 0.1) is 23.0 Å². The molecule has 0 bridgehead atoms. The highest BCUT2D eigenvalue weighted by atomic mass is 19.4. The number of halogens is 3. The topological polar surface area (TPSA) is 96.5 Å². The number of carbonyl (C=O) groups is 2. The number of hydrogen-bond acceptors (Lipinski definition) is 5. The molecule has 10 heteroatoms. The smallest absolute Gasteiger partial charge is 0.449 e. The molecule has 224 valence electrons. The molecule has 7 nitrogen and oxygen atoms in total. The molecule has 44 heavy (non-hydrogen) atoms. The number of nitrogens with zero attached hydrogens (tertiary/aromatic N) is 3. The van der Waals surface area contributed by atoms with Gasteiger partial charge >= 0.3 is 12.1 Å². The zero-order chi connectivity index (χ0) is 31.2. The predicted octanol–water partition coefficient (Wildman–Crippen LogP) is 7.48. The SMILES string of the molecule is Cc1nc2cccnc2c(C(=O)N(Cc2ccc(-c3cccc(C4(C(=O)O)CC4)c3)cc2)Cc2ccc(C(F)(F)F)o2)c1C. The van der Waals surface area contributed by atoms with Gasteiger partial charge < -0.3 is 14.4 Å². The Bertz CT molecular complexity index is 1890. The Balaban J connectivity index is 1.33. The highest BCUT2D eigenvalue weighted by molar-refractivity contribution is 6.06. The van der Waals surface area contributed by atoms with Gasteiger partial charge in [-0.05, 0) is 78.8 Å². The van der Waals surface area contributed by atoms with Crippen LogP contribution in [-0.4, -0.2) is 31.9 Å². The van der Waals surface area contributed by atoms with E-state index >= 15 is 0 Å². The van der Waals surface area contributed by atoms with Crippen molar-refractivity contribution >= 4 is 22.9 Å². The second kappa shape index (κ2) is 10.9. The van der Waals surface area contributed by atoms with E-state index in [2.05, 4.69) is 9.97 Å². The van der Waals surface area contributed by atoms with Crippen LogP contribution in [0, 0.1) is 13.8 Å². The van der Waals surface area contributed by atoms with Gasteiger partial charge in [-0.1, -0.05) is 48.5 Å². The average molecular weight is 600 g/mol. The molecule has 0 saturated heterocycles. The summed E-state index contributed by atoms with van der Waals surface area (Å²) in [7, 11) is 0. The summed E-state index contributed by atoms with van der Waals surface area (Å²) in [4.78, 5) is 36.4. The van der Waals surface area contributed by atoms with Crippen LogP contribution >= 0.6 is 0 Å². The molecule has 0 aliphatic heterocycles. The van der Waals surface area contributed by atoms with Crippen LogP contribution < -0.4 is 0 Å². The number of hydrogen-bond donors (Lipinski definition) is 1. The summed E-state index contributed by atoms with van der Waals surface area (Å²) in [6.07, 6.45) is -1.87. The van der Waals surface area contributed by atoms with Crippen LogP contribution in [-0.2, 0) is 29.5 Å². The third kappa shape index (κ3) is 5.43. The highest BCUT2D eigenvalue weighted by Gasteiger charge is 2.51. The third-order valence-corrected chi connectivity index (χ3v) is 8.25. The van der Waals surface area contributed by atoms with E-state index in [4.69, 9.17) is 4.42 Å². The van der Waals surface area contributed by atoms with Gasteiger partial charge in [0.1, 0.15) is 11.3 Å². The summed E-state index contributed by atoms with van der Waals surface area (Å²) in [5, 5.41) is 9.70. The summed E-state index contributed by atoms with van der Waals surface area (Å²) in [6.45, 7) is 3.44. The number of alkyl halides is 3. The number of rotatable bonds is 8. The van der Waals surface area contributed by atoms with Gasteiger partial charge in [-0.25, -0.2) is 0 Å². The largest absolute Gasteiger partial charge is 0.481 e. The van der Waals surface area contributed by atoms with Crippen LogP contribution in [0.1, 0.15) is 57.1 Å². The molecule has 5 aromatic rings. The van der Waals surface area contributed by atoms with E-state index in [-0.39, 0.29) is 18.8 Å². The van der Waals surface area contributed by atoms with Crippen LogP contribution in [0.2, 0.25) is 0 Å². The summed E-state index contributed by atoms with van der Waals surface area (Å²) in [5.74, 6) is -2.38. The lowest BCUT2D eigenvalue weighted by molar-refractivity contribution is -0.153. The number of aliphatic carboxylic acids is 1. The van der Waals surface area contributed by atoms with Crippen molar-refractivity contribution in [3.05, 3.63) is 118 Å². The number of aromatic nitrogens is 2. The first kappa shape index (κ1) is 29.1. The summed E-state index contributed by atoms with van der Waals surface area (Å²) in [6, 6.07) is 20.5. The maximum Gasteiger partial charge on any atom is 0.449 e. The molecule has 0 unspecified atom stereocenters. The van der Waals surface area contributed by atoms with Gasteiger partial charge in [-0.15, -0.1) is 0 Å². The van der Waals surface area contributed by atoms with E-state index in [0.717, 1.165) is 28.3 Å². The lowest BCUT2D eigenvalue weighted by Crippen LogP contribution is -2.31. The fourth-order valence-electron chi connectivity index (χ4n) is 5.50. The van der Waals surface area contributed by atoms with E-state index in [9.17, 15) is 27.9 Å². The fourth-order valence-corrected chi connectivity index (χ4v) is 5.50. The normalized spacial score (nSPS) is 14.0. The molecule has 3 aromatic heterocycles. The minimum Gasteiger partial charge on any atom is -0.481 e. The number of carbonyl (C=O) groups excluding carboxylic acids is 1. The molecular formula is C34H28F3N3O4. The zero-order valence-electron chi connectivity index (χ0n) is 24.0. The van der Waals surface area contributed by atoms with Crippen molar-refractivity contribution < 1.29 is 32.3 Å². The maximum atomic E-state index is 14.2. The van der Waals surface area contributed by atoms with Crippen LogP contribution in [0.5, 0.6) is 0 Å².